The van der Waals surface area contributed by atoms with Crippen molar-refractivity contribution in [3.05, 3.63) is 45.2 Å². The first-order valence-corrected chi connectivity index (χ1v) is 7.95. The molecule has 1 aromatic carbocycles. The van der Waals surface area contributed by atoms with Crippen molar-refractivity contribution in [2.45, 2.75) is 13.8 Å². The van der Waals surface area contributed by atoms with Crippen LogP contribution >= 0.6 is 23.2 Å². The Bertz CT molecular complexity index is 1010. The summed E-state index contributed by atoms with van der Waals surface area (Å²) in [7, 11) is 0. The molecule has 26 heavy (non-hydrogen) atoms. The second kappa shape index (κ2) is 7.10. The van der Waals surface area contributed by atoms with Crippen LogP contribution in [0.25, 0.3) is 5.82 Å². The topological polar surface area (TPSA) is 137 Å². The van der Waals surface area contributed by atoms with E-state index in [0.29, 0.717) is 27.0 Å². The van der Waals surface area contributed by atoms with Crippen LogP contribution in [0.3, 0.4) is 0 Å². The number of halogens is 2. The first-order valence-electron chi connectivity index (χ1n) is 7.19. The second-order valence-corrected chi connectivity index (χ2v) is 5.99. The number of rotatable bonds is 4. The molecule has 134 valence electrons. The van der Waals surface area contributed by atoms with E-state index in [-0.39, 0.29) is 17.3 Å². The van der Waals surface area contributed by atoms with Gasteiger partial charge in [-0.2, -0.15) is 9.78 Å². The molecule has 0 atom stereocenters. The lowest BCUT2D eigenvalue weighted by atomic mass is 10.1. The average molecular weight is 395 g/mol. The number of hydrazone groups is 1. The summed E-state index contributed by atoms with van der Waals surface area (Å²) in [6.45, 7) is 3.34. The van der Waals surface area contributed by atoms with Gasteiger partial charge in [0.25, 0.3) is 5.91 Å². The second-order valence-electron chi connectivity index (χ2n) is 5.18. The molecule has 0 spiro atoms. The van der Waals surface area contributed by atoms with Crippen LogP contribution in [-0.2, 0) is 0 Å². The Morgan fingerprint density at radius 3 is 2.73 bits per heavy atom. The Balaban J connectivity index is 1.79. The van der Waals surface area contributed by atoms with E-state index in [1.165, 1.54) is 4.68 Å². The minimum Gasteiger partial charge on any atom is -0.378 e. The summed E-state index contributed by atoms with van der Waals surface area (Å²) in [6, 6.07) is 5.03. The molecule has 10 nitrogen and oxygen atoms in total. The van der Waals surface area contributed by atoms with E-state index in [1.807, 2.05) is 0 Å². The predicted octanol–water partition coefficient (Wildman–Crippen LogP) is 2.00. The van der Waals surface area contributed by atoms with E-state index in [1.54, 1.807) is 32.0 Å². The van der Waals surface area contributed by atoms with E-state index in [2.05, 4.69) is 35.8 Å². The zero-order valence-corrected chi connectivity index (χ0v) is 15.1. The van der Waals surface area contributed by atoms with Crippen molar-refractivity contribution in [2.24, 2.45) is 5.10 Å². The molecule has 2 aromatic heterocycles. The fraction of sp³-hybridized carbons (Fsp3) is 0.143. The van der Waals surface area contributed by atoms with Crippen LogP contribution in [0.15, 0.2) is 27.9 Å². The summed E-state index contributed by atoms with van der Waals surface area (Å²) in [6.07, 6.45) is 0. The van der Waals surface area contributed by atoms with E-state index in [0.717, 1.165) is 0 Å². The molecule has 12 heteroatoms. The van der Waals surface area contributed by atoms with E-state index in [9.17, 15) is 4.79 Å². The van der Waals surface area contributed by atoms with Gasteiger partial charge in [-0.3, -0.25) is 4.79 Å². The van der Waals surface area contributed by atoms with Gasteiger partial charge < -0.3 is 5.73 Å². The molecule has 3 rings (SSSR count). The summed E-state index contributed by atoms with van der Waals surface area (Å²) < 4.78 is 5.76. The van der Waals surface area contributed by atoms with Crippen molar-refractivity contribution >= 4 is 40.6 Å². The van der Waals surface area contributed by atoms with Crippen molar-refractivity contribution in [2.75, 3.05) is 5.73 Å². The SMILES string of the molecule is CC(=NNC(=O)c1nnn(-c2nonc2N)c1C)c1ccc(Cl)c(Cl)c1. The van der Waals surface area contributed by atoms with Crippen LogP contribution in [0.1, 0.15) is 28.7 Å². The summed E-state index contributed by atoms with van der Waals surface area (Å²) in [5, 5.41) is 19.6. The van der Waals surface area contributed by atoms with Crippen LogP contribution in [0.5, 0.6) is 0 Å². The maximum Gasteiger partial charge on any atom is 0.293 e. The minimum absolute atomic E-state index is 0.0263. The molecule has 0 saturated carbocycles. The highest BCUT2D eigenvalue weighted by molar-refractivity contribution is 6.42. The molecule has 1 amide bonds. The van der Waals surface area contributed by atoms with E-state index in [4.69, 9.17) is 28.9 Å². The Morgan fingerprint density at radius 2 is 2.08 bits per heavy atom. The fourth-order valence-electron chi connectivity index (χ4n) is 2.05. The largest absolute Gasteiger partial charge is 0.378 e. The van der Waals surface area contributed by atoms with Gasteiger partial charge in [0.2, 0.25) is 11.6 Å². The highest BCUT2D eigenvalue weighted by atomic mass is 35.5. The number of nitrogens with two attached hydrogens (primary N) is 1. The number of benzene rings is 1. The van der Waals surface area contributed by atoms with Gasteiger partial charge in [-0.15, -0.1) is 5.10 Å². The van der Waals surface area contributed by atoms with E-state index >= 15 is 0 Å². The highest BCUT2D eigenvalue weighted by Crippen LogP contribution is 2.22. The standard InChI is InChI=1S/C14H12Cl2N8O2/c1-6(8-3-4-9(15)10(16)5-8)18-20-14(25)11-7(2)24(23-19-11)13-12(17)21-26-22-13/h3-5H,1-2H3,(H2,17,21)(H,20,25). The Kier molecular flexibility index (Phi) is 4.87. The highest BCUT2D eigenvalue weighted by Gasteiger charge is 2.20. The summed E-state index contributed by atoms with van der Waals surface area (Å²) in [4.78, 5) is 12.3. The van der Waals surface area contributed by atoms with Gasteiger partial charge in [-0.05, 0) is 41.9 Å². The normalized spacial score (nSPS) is 11.6. The predicted molar refractivity (Wildman–Crippen MR) is 94.5 cm³/mol. The molecular formula is C14H12Cl2N8O2. The van der Waals surface area contributed by atoms with Crippen molar-refractivity contribution in [3.63, 3.8) is 0 Å². The molecule has 3 N–H and O–H groups in total. The smallest absolute Gasteiger partial charge is 0.293 e. The molecule has 2 heterocycles. The minimum atomic E-state index is -0.553. The van der Waals surface area contributed by atoms with Crippen molar-refractivity contribution in [3.8, 4) is 5.82 Å². The maximum absolute atomic E-state index is 12.3. The molecule has 0 unspecified atom stereocenters. The zero-order chi connectivity index (χ0) is 18.8. The zero-order valence-electron chi connectivity index (χ0n) is 13.6. The van der Waals surface area contributed by atoms with Gasteiger partial charge in [-0.1, -0.05) is 34.5 Å². The van der Waals surface area contributed by atoms with Gasteiger partial charge in [0.15, 0.2) is 5.69 Å². The number of nitrogens with one attached hydrogen (secondary N) is 1. The molecule has 0 fully saturated rings. The number of aromatic nitrogens is 5. The third-order valence-corrected chi connectivity index (χ3v) is 4.21. The number of carbonyl (C=O) groups is 1. The Hall–Kier alpha value is -2.98. The van der Waals surface area contributed by atoms with Crippen LogP contribution in [0, 0.1) is 6.92 Å². The number of amides is 1. The first kappa shape index (κ1) is 17.8. The fourth-order valence-corrected chi connectivity index (χ4v) is 2.35. The molecule has 0 saturated heterocycles. The maximum atomic E-state index is 12.3. The molecule has 3 aromatic rings. The third-order valence-electron chi connectivity index (χ3n) is 3.47. The van der Waals surface area contributed by atoms with Gasteiger partial charge in [-0.25, -0.2) is 10.1 Å². The molecule has 0 radical (unpaired) electrons. The Morgan fingerprint density at radius 1 is 1.31 bits per heavy atom. The van der Waals surface area contributed by atoms with Crippen molar-refractivity contribution < 1.29 is 9.42 Å². The third kappa shape index (κ3) is 3.37. The van der Waals surface area contributed by atoms with Gasteiger partial charge in [0.1, 0.15) is 0 Å². The number of anilines is 1. The lowest BCUT2D eigenvalue weighted by Crippen LogP contribution is -2.21. The number of nitrogen functional groups attached to an aromatic ring is 1. The number of carbonyl (C=O) groups excluding carboxylic acids is 1. The van der Waals surface area contributed by atoms with Gasteiger partial charge in [0.05, 0.1) is 21.5 Å². The molecule has 0 aliphatic heterocycles. The lowest BCUT2D eigenvalue weighted by Gasteiger charge is -2.04. The van der Waals surface area contributed by atoms with Crippen LogP contribution in [-0.4, -0.2) is 36.9 Å². The number of hydrogen-bond donors (Lipinski definition) is 2. The number of hydrogen-bond acceptors (Lipinski definition) is 8. The quantitative estimate of drug-likeness (QED) is 0.509. The molecule has 0 aliphatic carbocycles. The molecule has 0 aliphatic rings. The van der Waals surface area contributed by atoms with Crippen LogP contribution in [0.4, 0.5) is 5.82 Å². The first-order chi connectivity index (χ1) is 12.4. The lowest BCUT2D eigenvalue weighted by molar-refractivity contribution is 0.0949. The molecular weight excluding hydrogens is 383 g/mol. The van der Waals surface area contributed by atoms with Crippen LogP contribution in [0.2, 0.25) is 10.0 Å². The average Bonchev–Trinajstić information content (AvgIpc) is 3.20. The van der Waals surface area contributed by atoms with Crippen molar-refractivity contribution in [1.82, 2.24) is 30.7 Å². The molecule has 0 bridgehead atoms. The van der Waals surface area contributed by atoms with Crippen molar-refractivity contribution in [1.29, 1.82) is 0 Å². The van der Waals surface area contributed by atoms with Gasteiger partial charge >= 0.3 is 0 Å². The van der Waals surface area contributed by atoms with E-state index < -0.39 is 5.91 Å². The summed E-state index contributed by atoms with van der Waals surface area (Å²) >= 11 is 11.9. The van der Waals surface area contributed by atoms with Crippen LogP contribution < -0.4 is 11.2 Å². The summed E-state index contributed by atoms with van der Waals surface area (Å²) in [5.41, 5.74) is 9.72. The number of nitrogens with zero attached hydrogens (tertiary/aromatic N) is 6. The Labute approximate surface area is 156 Å². The monoisotopic (exact) mass is 394 g/mol. The summed E-state index contributed by atoms with van der Waals surface area (Å²) in [5.74, 6) is -0.383. The van der Waals surface area contributed by atoms with Gasteiger partial charge in [0, 0.05) is 0 Å².